The molecule has 0 aliphatic rings. The van der Waals surface area contributed by atoms with Gasteiger partial charge in [-0.15, -0.1) is 0 Å². The van der Waals surface area contributed by atoms with Gasteiger partial charge in [0.15, 0.2) is 0 Å². The van der Waals surface area contributed by atoms with E-state index in [4.69, 9.17) is 4.74 Å². The van der Waals surface area contributed by atoms with Crippen molar-refractivity contribution in [1.82, 2.24) is 0 Å². The van der Waals surface area contributed by atoms with Gasteiger partial charge in [0.25, 0.3) is 10.0 Å². The predicted molar refractivity (Wildman–Crippen MR) is 116 cm³/mol. The highest BCUT2D eigenvalue weighted by molar-refractivity contribution is 7.92. The van der Waals surface area contributed by atoms with Gasteiger partial charge in [-0.1, -0.05) is 48.0 Å². The maximum atomic E-state index is 13.6. The molecule has 29 heavy (non-hydrogen) atoms. The van der Waals surface area contributed by atoms with E-state index in [0.29, 0.717) is 5.69 Å². The second-order valence-corrected chi connectivity index (χ2v) is 8.94. The van der Waals surface area contributed by atoms with Crippen LogP contribution >= 0.6 is 0 Å². The van der Waals surface area contributed by atoms with Crippen LogP contribution in [0.4, 0.5) is 5.69 Å². The summed E-state index contributed by atoms with van der Waals surface area (Å²) in [6, 6.07) is 16.4. The lowest BCUT2D eigenvalue weighted by Crippen LogP contribution is -2.37. The number of aryl methyl sites for hydroxylation is 3. The SMILES string of the molecule is CCOC(=O)CN(c1c(C)cc(C)cc1C)S(=O)(=O)c1ccc2ccccc2c1. The lowest BCUT2D eigenvalue weighted by atomic mass is 10.1. The van der Waals surface area contributed by atoms with Crippen LogP contribution in [-0.4, -0.2) is 27.5 Å². The number of carbonyl (C=O) groups excluding carboxylic acids is 1. The van der Waals surface area contributed by atoms with Crippen molar-refractivity contribution < 1.29 is 17.9 Å². The van der Waals surface area contributed by atoms with Crippen molar-refractivity contribution in [2.24, 2.45) is 0 Å². The van der Waals surface area contributed by atoms with Crippen LogP contribution < -0.4 is 4.31 Å². The van der Waals surface area contributed by atoms with Gasteiger partial charge in [0.05, 0.1) is 17.2 Å². The van der Waals surface area contributed by atoms with Gasteiger partial charge in [-0.3, -0.25) is 9.10 Å². The Bertz CT molecular complexity index is 1150. The third-order valence-corrected chi connectivity index (χ3v) is 6.51. The number of ether oxygens (including phenoxy) is 1. The molecule has 0 amide bonds. The van der Waals surface area contributed by atoms with Crippen LogP contribution in [0.2, 0.25) is 0 Å². The molecule has 0 aromatic heterocycles. The molecule has 3 aromatic rings. The summed E-state index contributed by atoms with van der Waals surface area (Å²) >= 11 is 0. The van der Waals surface area contributed by atoms with Gasteiger partial charge in [-0.25, -0.2) is 8.42 Å². The van der Waals surface area contributed by atoms with E-state index in [1.807, 2.05) is 57.2 Å². The maximum absolute atomic E-state index is 13.6. The summed E-state index contributed by atoms with van der Waals surface area (Å²) in [6.07, 6.45) is 0. The van der Waals surface area contributed by atoms with Gasteiger partial charge in [-0.05, 0) is 61.7 Å². The molecule has 0 aliphatic carbocycles. The Labute approximate surface area is 172 Å². The Balaban J connectivity index is 2.17. The summed E-state index contributed by atoms with van der Waals surface area (Å²) in [7, 11) is -3.98. The highest BCUT2D eigenvalue weighted by Crippen LogP contribution is 2.32. The minimum atomic E-state index is -3.98. The summed E-state index contributed by atoms with van der Waals surface area (Å²) in [5.41, 5.74) is 3.12. The molecule has 0 unspecified atom stereocenters. The Morgan fingerprint density at radius 2 is 1.55 bits per heavy atom. The first-order valence-electron chi connectivity index (χ1n) is 9.49. The van der Waals surface area contributed by atoms with Crippen LogP contribution in [0.3, 0.4) is 0 Å². The number of rotatable bonds is 6. The Morgan fingerprint density at radius 3 is 2.17 bits per heavy atom. The molecular weight excluding hydrogens is 386 g/mol. The molecule has 0 fully saturated rings. The molecule has 0 aliphatic heterocycles. The molecule has 6 heteroatoms. The molecule has 3 rings (SSSR count). The quantitative estimate of drug-likeness (QED) is 0.559. The molecule has 0 radical (unpaired) electrons. The van der Waals surface area contributed by atoms with E-state index in [-0.39, 0.29) is 18.0 Å². The third-order valence-electron chi connectivity index (χ3n) is 4.77. The molecule has 0 spiro atoms. The van der Waals surface area contributed by atoms with E-state index in [1.165, 1.54) is 4.31 Å². The topological polar surface area (TPSA) is 63.7 Å². The van der Waals surface area contributed by atoms with Crippen molar-refractivity contribution in [1.29, 1.82) is 0 Å². The van der Waals surface area contributed by atoms with E-state index >= 15 is 0 Å². The van der Waals surface area contributed by atoms with Crippen molar-refractivity contribution in [2.75, 3.05) is 17.5 Å². The first kappa shape index (κ1) is 20.9. The van der Waals surface area contributed by atoms with Crippen molar-refractivity contribution in [3.8, 4) is 0 Å². The van der Waals surface area contributed by atoms with Crippen LogP contribution in [0.15, 0.2) is 59.5 Å². The predicted octanol–water partition coefficient (Wildman–Crippen LogP) is 4.52. The highest BCUT2D eigenvalue weighted by atomic mass is 32.2. The summed E-state index contributed by atoms with van der Waals surface area (Å²) in [5.74, 6) is -0.587. The minimum Gasteiger partial charge on any atom is -0.465 e. The van der Waals surface area contributed by atoms with Crippen molar-refractivity contribution >= 4 is 32.5 Å². The summed E-state index contributed by atoms with van der Waals surface area (Å²) < 4.78 is 33.5. The molecule has 0 saturated carbocycles. The van der Waals surface area contributed by atoms with Gasteiger partial charge >= 0.3 is 5.97 Å². The summed E-state index contributed by atoms with van der Waals surface area (Å²) in [5, 5.41) is 1.77. The highest BCUT2D eigenvalue weighted by Gasteiger charge is 2.30. The monoisotopic (exact) mass is 411 g/mol. The Kier molecular flexibility index (Phi) is 5.94. The summed E-state index contributed by atoms with van der Waals surface area (Å²) in [4.78, 5) is 12.4. The molecule has 0 atom stereocenters. The lowest BCUT2D eigenvalue weighted by Gasteiger charge is -2.27. The van der Waals surface area contributed by atoms with Crippen molar-refractivity contribution in [2.45, 2.75) is 32.6 Å². The van der Waals surface area contributed by atoms with E-state index in [2.05, 4.69) is 0 Å². The lowest BCUT2D eigenvalue weighted by molar-refractivity contribution is -0.141. The third kappa shape index (κ3) is 4.27. The van der Waals surface area contributed by atoms with Crippen molar-refractivity contribution in [3.05, 3.63) is 71.3 Å². The smallest absolute Gasteiger partial charge is 0.326 e. The van der Waals surface area contributed by atoms with Gasteiger partial charge < -0.3 is 4.74 Å². The number of anilines is 1. The van der Waals surface area contributed by atoms with Crippen LogP contribution in [0.25, 0.3) is 10.8 Å². The van der Waals surface area contributed by atoms with Gasteiger partial charge in [0.1, 0.15) is 6.54 Å². The van der Waals surface area contributed by atoms with Gasteiger partial charge in [0.2, 0.25) is 0 Å². The van der Waals surface area contributed by atoms with E-state index in [9.17, 15) is 13.2 Å². The fourth-order valence-electron chi connectivity index (χ4n) is 3.63. The minimum absolute atomic E-state index is 0.139. The second-order valence-electron chi connectivity index (χ2n) is 7.07. The number of nitrogens with zero attached hydrogens (tertiary/aromatic N) is 1. The molecule has 3 aromatic carbocycles. The van der Waals surface area contributed by atoms with Crippen LogP contribution in [0, 0.1) is 20.8 Å². The number of hydrogen-bond donors (Lipinski definition) is 0. The van der Waals surface area contributed by atoms with E-state index in [0.717, 1.165) is 27.5 Å². The summed E-state index contributed by atoms with van der Waals surface area (Å²) in [6.45, 7) is 7.16. The number of benzene rings is 3. The van der Waals surface area contributed by atoms with Gasteiger partial charge in [-0.2, -0.15) is 0 Å². The number of carbonyl (C=O) groups is 1. The number of hydrogen-bond acceptors (Lipinski definition) is 4. The van der Waals surface area contributed by atoms with Crippen LogP contribution in [-0.2, 0) is 19.6 Å². The van der Waals surface area contributed by atoms with Gasteiger partial charge in [0, 0.05) is 0 Å². The molecule has 5 nitrogen and oxygen atoms in total. The van der Waals surface area contributed by atoms with E-state index in [1.54, 1.807) is 25.1 Å². The first-order chi connectivity index (χ1) is 13.7. The molecule has 152 valence electrons. The number of fused-ring (bicyclic) bond motifs is 1. The normalized spacial score (nSPS) is 11.4. The van der Waals surface area contributed by atoms with E-state index < -0.39 is 16.0 Å². The fourth-order valence-corrected chi connectivity index (χ4v) is 5.20. The Hall–Kier alpha value is -2.86. The zero-order valence-corrected chi connectivity index (χ0v) is 17.9. The van der Waals surface area contributed by atoms with Crippen molar-refractivity contribution in [3.63, 3.8) is 0 Å². The molecule has 0 N–H and O–H groups in total. The maximum Gasteiger partial charge on any atom is 0.326 e. The molecule has 0 bridgehead atoms. The second kappa shape index (κ2) is 8.25. The molecule has 0 heterocycles. The Morgan fingerprint density at radius 1 is 0.931 bits per heavy atom. The fraction of sp³-hybridized carbons (Fsp3) is 0.261. The standard InChI is InChI=1S/C23H25NO4S/c1-5-28-22(25)15-24(23-17(3)12-16(2)13-18(23)4)29(26,27)21-11-10-19-8-6-7-9-20(19)14-21/h6-14H,5,15H2,1-4H3. The average Bonchev–Trinajstić information content (AvgIpc) is 2.66. The van der Waals surface area contributed by atoms with Crippen LogP contribution in [0.1, 0.15) is 23.6 Å². The zero-order chi connectivity index (χ0) is 21.2. The average molecular weight is 412 g/mol. The van der Waals surface area contributed by atoms with Crippen LogP contribution in [0.5, 0.6) is 0 Å². The zero-order valence-electron chi connectivity index (χ0n) is 17.1. The largest absolute Gasteiger partial charge is 0.465 e. The first-order valence-corrected chi connectivity index (χ1v) is 10.9. The number of sulfonamides is 1. The molecular formula is C23H25NO4S. The number of esters is 1. The molecule has 0 saturated heterocycles.